The molecule has 3 saturated heterocycles. The molecule has 3 aliphatic heterocycles. The van der Waals surface area contributed by atoms with Crippen LogP contribution in [-0.2, 0) is 6.54 Å². The fourth-order valence-corrected chi connectivity index (χ4v) is 5.71. The van der Waals surface area contributed by atoms with E-state index in [1.807, 2.05) is 33.8 Å². The molecule has 0 saturated carbocycles. The van der Waals surface area contributed by atoms with Crippen molar-refractivity contribution in [2.45, 2.75) is 51.6 Å². The predicted octanol–water partition coefficient (Wildman–Crippen LogP) is 2.25. The zero-order chi connectivity index (χ0) is 22.1. The van der Waals surface area contributed by atoms with Crippen molar-refractivity contribution >= 4 is 5.91 Å². The number of piperidine rings is 1. The number of amides is 1. The molecule has 2 N–H and O–H groups in total. The van der Waals surface area contributed by atoms with Gasteiger partial charge in [-0.05, 0) is 76.9 Å². The highest BCUT2D eigenvalue weighted by Gasteiger charge is 2.40. The first-order valence-corrected chi connectivity index (χ1v) is 12.2. The molecule has 1 aromatic heterocycles. The molecule has 7 heteroatoms. The monoisotopic (exact) mass is 436 g/mol. The normalized spacial score (nSPS) is 21.4. The molecule has 4 heterocycles. The molecule has 0 atom stereocenters. The summed E-state index contributed by atoms with van der Waals surface area (Å²) in [5.74, 6) is 0.147. The number of hydrogen-bond acceptors (Lipinski definition) is 5. The number of nitrogens with zero attached hydrogens (tertiary/aromatic N) is 4. The number of piperazine rings is 1. The Morgan fingerprint density at radius 3 is 2.44 bits per heavy atom. The van der Waals surface area contributed by atoms with Crippen LogP contribution in [0.5, 0.6) is 0 Å². The number of aromatic nitrogens is 2. The fraction of sp³-hybridized carbons (Fsp3) is 0.600. The van der Waals surface area contributed by atoms with Crippen molar-refractivity contribution in [2.24, 2.45) is 0 Å². The number of aryl methyl sites for hydroxylation is 1. The molecule has 2 aromatic rings. The molecule has 0 aliphatic carbocycles. The molecule has 1 spiro atoms. The number of carbonyl (C=O) groups is 1. The lowest BCUT2D eigenvalue weighted by Crippen LogP contribution is -2.64. The molecule has 3 fully saturated rings. The van der Waals surface area contributed by atoms with E-state index in [1.54, 1.807) is 0 Å². The van der Waals surface area contributed by atoms with E-state index in [4.69, 9.17) is 5.10 Å². The zero-order valence-electron chi connectivity index (χ0n) is 19.5. The molecular formula is C25H36N6O. The smallest absolute Gasteiger partial charge is 0.253 e. The van der Waals surface area contributed by atoms with E-state index in [0.29, 0.717) is 0 Å². The van der Waals surface area contributed by atoms with Crippen LogP contribution >= 0.6 is 0 Å². The third kappa shape index (κ3) is 3.98. The standard InChI is InChI=1S/C25H36N6O/c1-19-23(17-30-16-13-27-18-25(30)9-11-26-12-10-25)20(2)31(28-19)22-7-5-21(6-8-22)24(32)29-14-3-4-15-29/h5-8,26-27H,3-4,9-18H2,1-2H3. The Morgan fingerprint density at radius 2 is 1.72 bits per heavy atom. The third-order valence-electron chi connectivity index (χ3n) is 7.76. The fourth-order valence-electron chi connectivity index (χ4n) is 5.71. The predicted molar refractivity (Wildman–Crippen MR) is 126 cm³/mol. The highest BCUT2D eigenvalue weighted by Crippen LogP contribution is 2.31. The second-order valence-electron chi connectivity index (χ2n) is 9.68. The molecule has 172 valence electrons. The SMILES string of the molecule is Cc1nn(-c2ccc(C(=O)N3CCCC3)cc2)c(C)c1CN1CCNCC12CCNCC2. The Bertz CT molecular complexity index is 945. The van der Waals surface area contributed by atoms with Crippen LogP contribution in [0.2, 0.25) is 0 Å². The van der Waals surface area contributed by atoms with Crippen molar-refractivity contribution in [3.05, 3.63) is 46.8 Å². The Labute approximate surface area is 191 Å². The summed E-state index contributed by atoms with van der Waals surface area (Å²) in [6.07, 6.45) is 4.62. The topological polar surface area (TPSA) is 65.4 Å². The van der Waals surface area contributed by atoms with E-state index in [1.165, 1.54) is 24.1 Å². The van der Waals surface area contributed by atoms with Gasteiger partial charge in [0.2, 0.25) is 0 Å². The van der Waals surface area contributed by atoms with Gasteiger partial charge in [-0.3, -0.25) is 9.69 Å². The minimum atomic E-state index is 0.147. The minimum Gasteiger partial charge on any atom is -0.339 e. The maximum Gasteiger partial charge on any atom is 0.253 e. The van der Waals surface area contributed by atoms with Crippen LogP contribution in [0.4, 0.5) is 0 Å². The molecule has 1 aromatic carbocycles. The molecule has 0 unspecified atom stereocenters. The highest BCUT2D eigenvalue weighted by atomic mass is 16.2. The molecule has 3 aliphatic rings. The van der Waals surface area contributed by atoms with Gasteiger partial charge in [-0.15, -0.1) is 0 Å². The largest absolute Gasteiger partial charge is 0.339 e. The van der Waals surface area contributed by atoms with Gasteiger partial charge in [-0.25, -0.2) is 4.68 Å². The van der Waals surface area contributed by atoms with E-state index in [9.17, 15) is 4.79 Å². The Kier molecular flexibility index (Phi) is 6.05. The zero-order valence-corrected chi connectivity index (χ0v) is 19.5. The molecule has 0 radical (unpaired) electrons. The number of carbonyl (C=O) groups excluding carboxylic acids is 1. The van der Waals surface area contributed by atoms with Gasteiger partial charge < -0.3 is 15.5 Å². The summed E-state index contributed by atoms with van der Waals surface area (Å²) in [5.41, 5.74) is 5.67. The summed E-state index contributed by atoms with van der Waals surface area (Å²) >= 11 is 0. The first-order chi connectivity index (χ1) is 15.6. The number of rotatable bonds is 4. The summed E-state index contributed by atoms with van der Waals surface area (Å²) in [6, 6.07) is 7.97. The van der Waals surface area contributed by atoms with Gasteiger partial charge in [0.05, 0.1) is 11.4 Å². The van der Waals surface area contributed by atoms with Crippen LogP contribution in [0.1, 0.15) is 53.0 Å². The highest BCUT2D eigenvalue weighted by molar-refractivity contribution is 5.94. The summed E-state index contributed by atoms with van der Waals surface area (Å²) < 4.78 is 2.05. The minimum absolute atomic E-state index is 0.147. The van der Waals surface area contributed by atoms with Gasteiger partial charge in [0.25, 0.3) is 5.91 Å². The van der Waals surface area contributed by atoms with Gasteiger partial charge in [-0.1, -0.05) is 0 Å². The van der Waals surface area contributed by atoms with Crippen LogP contribution in [0, 0.1) is 13.8 Å². The van der Waals surface area contributed by atoms with Crippen molar-refractivity contribution in [2.75, 3.05) is 45.8 Å². The van der Waals surface area contributed by atoms with Crippen LogP contribution in [0.3, 0.4) is 0 Å². The number of nitrogens with one attached hydrogen (secondary N) is 2. The lowest BCUT2D eigenvalue weighted by atomic mass is 9.84. The lowest BCUT2D eigenvalue weighted by Gasteiger charge is -2.50. The first kappa shape index (κ1) is 21.6. The van der Waals surface area contributed by atoms with Gasteiger partial charge >= 0.3 is 0 Å². The van der Waals surface area contributed by atoms with E-state index < -0.39 is 0 Å². The summed E-state index contributed by atoms with van der Waals surface area (Å²) in [6.45, 7) is 12.4. The van der Waals surface area contributed by atoms with Crippen LogP contribution in [-0.4, -0.2) is 76.8 Å². The van der Waals surface area contributed by atoms with E-state index in [0.717, 1.165) is 82.1 Å². The van der Waals surface area contributed by atoms with Gasteiger partial charge in [0.15, 0.2) is 0 Å². The second-order valence-corrected chi connectivity index (χ2v) is 9.68. The first-order valence-electron chi connectivity index (χ1n) is 12.2. The molecule has 32 heavy (non-hydrogen) atoms. The second kappa shape index (κ2) is 8.96. The lowest BCUT2D eigenvalue weighted by molar-refractivity contribution is 0.0260. The summed E-state index contributed by atoms with van der Waals surface area (Å²) in [7, 11) is 0. The van der Waals surface area contributed by atoms with E-state index in [2.05, 4.69) is 29.4 Å². The van der Waals surface area contributed by atoms with Gasteiger partial charge in [0, 0.05) is 61.6 Å². The van der Waals surface area contributed by atoms with Crippen molar-refractivity contribution in [1.29, 1.82) is 0 Å². The van der Waals surface area contributed by atoms with Gasteiger partial charge in [-0.2, -0.15) is 5.10 Å². The average molecular weight is 437 g/mol. The molecule has 7 nitrogen and oxygen atoms in total. The molecule has 1 amide bonds. The van der Waals surface area contributed by atoms with Crippen LogP contribution in [0.15, 0.2) is 24.3 Å². The number of hydrogen-bond donors (Lipinski definition) is 2. The Balaban J connectivity index is 1.36. The maximum atomic E-state index is 12.7. The number of likely N-dealkylation sites (tertiary alicyclic amines) is 1. The molecule has 0 bridgehead atoms. The molecular weight excluding hydrogens is 400 g/mol. The van der Waals surface area contributed by atoms with Crippen molar-refractivity contribution in [1.82, 2.24) is 30.2 Å². The molecule has 5 rings (SSSR count). The Hall–Kier alpha value is -2.22. The number of benzene rings is 1. The van der Waals surface area contributed by atoms with Crippen LogP contribution in [0.25, 0.3) is 5.69 Å². The van der Waals surface area contributed by atoms with Crippen molar-refractivity contribution in [3.8, 4) is 5.69 Å². The quantitative estimate of drug-likeness (QED) is 0.770. The summed E-state index contributed by atoms with van der Waals surface area (Å²) in [5, 5.41) is 12.1. The van der Waals surface area contributed by atoms with Crippen molar-refractivity contribution < 1.29 is 4.79 Å². The Morgan fingerprint density at radius 1 is 1.00 bits per heavy atom. The van der Waals surface area contributed by atoms with E-state index in [-0.39, 0.29) is 11.4 Å². The van der Waals surface area contributed by atoms with E-state index >= 15 is 0 Å². The third-order valence-corrected chi connectivity index (χ3v) is 7.76. The summed E-state index contributed by atoms with van der Waals surface area (Å²) in [4.78, 5) is 17.3. The van der Waals surface area contributed by atoms with Crippen LogP contribution < -0.4 is 10.6 Å². The maximum absolute atomic E-state index is 12.7. The van der Waals surface area contributed by atoms with Crippen molar-refractivity contribution in [3.63, 3.8) is 0 Å². The average Bonchev–Trinajstić information content (AvgIpc) is 3.45. The van der Waals surface area contributed by atoms with Gasteiger partial charge in [0.1, 0.15) is 0 Å².